The third kappa shape index (κ3) is 7.14. The highest BCUT2D eigenvalue weighted by atomic mass is 35.5. The largest absolute Gasteiger partial charge is 0.355 e. The highest BCUT2D eigenvalue weighted by molar-refractivity contribution is 5.85. The van der Waals surface area contributed by atoms with Crippen LogP contribution >= 0.6 is 24.8 Å². The Labute approximate surface area is 164 Å². The van der Waals surface area contributed by atoms with Gasteiger partial charge in [0, 0.05) is 25.2 Å². The zero-order valence-electron chi connectivity index (χ0n) is 15.5. The van der Waals surface area contributed by atoms with E-state index in [9.17, 15) is 4.79 Å². The van der Waals surface area contributed by atoms with Crippen molar-refractivity contribution in [3.05, 3.63) is 35.9 Å². The van der Waals surface area contributed by atoms with Crippen molar-refractivity contribution in [3.8, 4) is 0 Å². The summed E-state index contributed by atoms with van der Waals surface area (Å²) in [4.78, 5) is 14.9. The van der Waals surface area contributed by atoms with Crippen LogP contribution < -0.4 is 11.1 Å². The lowest BCUT2D eigenvalue weighted by Crippen LogP contribution is -2.45. The Morgan fingerprint density at radius 3 is 2.48 bits per heavy atom. The number of carbonyl (C=O) groups is 1. The molecule has 0 saturated carbocycles. The highest BCUT2D eigenvalue weighted by Gasteiger charge is 2.25. The van der Waals surface area contributed by atoms with Gasteiger partial charge in [0.05, 0.1) is 5.92 Å². The topological polar surface area (TPSA) is 58.4 Å². The number of piperidine rings is 1. The van der Waals surface area contributed by atoms with Gasteiger partial charge in [0.2, 0.25) is 5.91 Å². The van der Waals surface area contributed by atoms with Gasteiger partial charge in [-0.2, -0.15) is 0 Å². The van der Waals surface area contributed by atoms with E-state index in [0.29, 0.717) is 12.0 Å². The van der Waals surface area contributed by atoms with Crippen LogP contribution in [0.4, 0.5) is 0 Å². The molecule has 1 amide bonds. The zero-order chi connectivity index (χ0) is 16.8. The first kappa shape index (κ1) is 24.2. The third-order valence-electron chi connectivity index (χ3n) is 4.98. The van der Waals surface area contributed by atoms with Crippen molar-refractivity contribution < 1.29 is 4.79 Å². The Balaban J connectivity index is 0.00000288. The number of nitrogens with one attached hydrogen (secondary N) is 1. The van der Waals surface area contributed by atoms with E-state index in [0.717, 1.165) is 18.7 Å². The molecule has 0 spiro atoms. The Bertz CT molecular complexity index is 499. The molecule has 3 N–H and O–H groups in total. The molecule has 0 aromatic heterocycles. The molecule has 3 atom stereocenters. The molecule has 0 bridgehead atoms. The number of halogens is 2. The van der Waals surface area contributed by atoms with E-state index in [1.165, 1.54) is 19.4 Å². The quantitative estimate of drug-likeness (QED) is 0.783. The number of hydrogen-bond donors (Lipinski definition) is 2. The van der Waals surface area contributed by atoms with E-state index >= 15 is 0 Å². The number of amides is 1. The van der Waals surface area contributed by atoms with Crippen molar-refractivity contribution in [2.75, 3.05) is 19.6 Å². The second-order valence-corrected chi connectivity index (χ2v) is 7.07. The summed E-state index contributed by atoms with van der Waals surface area (Å²) in [7, 11) is 0. The van der Waals surface area contributed by atoms with Crippen molar-refractivity contribution >= 4 is 30.7 Å². The Morgan fingerprint density at radius 1 is 1.24 bits per heavy atom. The van der Waals surface area contributed by atoms with Crippen LogP contribution in [0, 0.1) is 11.8 Å². The number of benzene rings is 1. The average molecular weight is 390 g/mol. The van der Waals surface area contributed by atoms with Gasteiger partial charge in [0.15, 0.2) is 0 Å². The molecule has 0 radical (unpaired) electrons. The highest BCUT2D eigenvalue weighted by Crippen LogP contribution is 2.20. The van der Waals surface area contributed by atoms with E-state index in [1.54, 1.807) is 0 Å². The minimum absolute atomic E-state index is 0. The Morgan fingerprint density at radius 2 is 1.88 bits per heavy atom. The molecule has 2 rings (SSSR count). The van der Waals surface area contributed by atoms with Gasteiger partial charge in [-0.25, -0.2) is 0 Å². The summed E-state index contributed by atoms with van der Waals surface area (Å²) >= 11 is 0. The molecule has 1 aromatic rings. The van der Waals surface area contributed by atoms with Gasteiger partial charge in [-0.05, 0) is 44.7 Å². The lowest BCUT2D eigenvalue weighted by atomic mass is 9.93. The van der Waals surface area contributed by atoms with E-state index in [2.05, 4.69) is 24.1 Å². The Hall–Kier alpha value is -0.810. The molecule has 1 aromatic carbocycles. The fourth-order valence-electron chi connectivity index (χ4n) is 3.27. The van der Waals surface area contributed by atoms with E-state index < -0.39 is 0 Å². The van der Waals surface area contributed by atoms with Crippen molar-refractivity contribution in [2.45, 2.75) is 45.7 Å². The molecular formula is C19H33Cl2N3O. The molecule has 25 heavy (non-hydrogen) atoms. The van der Waals surface area contributed by atoms with Gasteiger partial charge in [-0.1, -0.05) is 37.3 Å². The zero-order valence-corrected chi connectivity index (χ0v) is 17.1. The van der Waals surface area contributed by atoms with Gasteiger partial charge in [-0.15, -0.1) is 24.8 Å². The molecule has 1 aliphatic heterocycles. The van der Waals surface area contributed by atoms with Gasteiger partial charge in [0.1, 0.15) is 0 Å². The van der Waals surface area contributed by atoms with E-state index in [-0.39, 0.29) is 42.7 Å². The monoisotopic (exact) mass is 389 g/mol. The standard InChI is InChI=1S/C19H31N3O.2ClH/c1-14(2)22-11-7-8-16(13-22)12-21-19(23)15(3)18(20)17-9-5-4-6-10-17;;/h4-6,9-10,14-16,18H,7-8,11-13,20H2,1-3H3,(H,21,23);2*1H. The first-order chi connectivity index (χ1) is 11.0. The average Bonchev–Trinajstić information content (AvgIpc) is 2.59. The van der Waals surface area contributed by atoms with Crippen LogP contribution in [0.3, 0.4) is 0 Å². The van der Waals surface area contributed by atoms with Gasteiger partial charge >= 0.3 is 0 Å². The summed E-state index contributed by atoms with van der Waals surface area (Å²) in [6.07, 6.45) is 2.42. The maximum atomic E-state index is 12.4. The summed E-state index contributed by atoms with van der Waals surface area (Å²) in [5.74, 6) is 0.389. The fourth-order valence-corrected chi connectivity index (χ4v) is 3.27. The van der Waals surface area contributed by atoms with Crippen LogP contribution in [0.2, 0.25) is 0 Å². The summed E-state index contributed by atoms with van der Waals surface area (Å²) < 4.78 is 0. The predicted octanol–water partition coefficient (Wildman–Crippen LogP) is 3.40. The molecule has 1 aliphatic rings. The van der Waals surface area contributed by atoms with Crippen molar-refractivity contribution in [1.82, 2.24) is 10.2 Å². The second-order valence-electron chi connectivity index (χ2n) is 7.07. The minimum Gasteiger partial charge on any atom is -0.355 e. The van der Waals surface area contributed by atoms with Gasteiger partial charge in [-0.3, -0.25) is 4.79 Å². The minimum atomic E-state index is -0.255. The van der Waals surface area contributed by atoms with Crippen LogP contribution in [0.25, 0.3) is 0 Å². The fraction of sp³-hybridized carbons (Fsp3) is 0.632. The molecule has 4 nitrogen and oxygen atoms in total. The van der Waals surface area contributed by atoms with Crippen molar-refractivity contribution in [3.63, 3.8) is 0 Å². The van der Waals surface area contributed by atoms with E-state index in [4.69, 9.17) is 5.73 Å². The molecule has 1 heterocycles. The maximum Gasteiger partial charge on any atom is 0.224 e. The van der Waals surface area contributed by atoms with Crippen LogP contribution in [0.5, 0.6) is 0 Å². The first-order valence-corrected chi connectivity index (χ1v) is 8.81. The summed E-state index contributed by atoms with van der Waals surface area (Å²) in [5, 5.41) is 3.12. The Kier molecular flexibility index (Phi) is 11.4. The molecule has 1 fully saturated rings. The van der Waals surface area contributed by atoms with Crippen LogP contribution in [0.15, 0.2) is 30.3 Å². The van der Waals surface area contributed by atoms with Gasteiger partial charge < -0.3 is 16.0 Å². The van der Waals surface area contributed by atoms with Crippen LogP contribution in [-0.4, -0.2) is 36.5 Å². The number of carbonyl (C=O) groups excluding carboxylic acids is 1. The lowest BCUT2D eigenvalue weighted by Gasteiger charge is -2.35. The van der Waals surface area contributed by atoms with Crippen LogP contribution in [-0.2, 0) is 4.79 Å². The predicted molar refractivity (Wildman–Crippen MR) is 109 cm³/mol. The smallest absolute Gasteiger partial charge is 0.224 e. The first-order valence-electron chi connectivity index (χ1n) is 8.81. The van der Waals surface area contributed by atoms with Gasteiger partial charge in [0.25, 0.3) is 0 Å². The number of rotatable bonds is 6. The normalized spacial score (nSPS) is 20.1. The molecule has 6 heteroatoms. The number of nitrogens with zero attached hydrogens (tertiary/aromatic N) is 1. The molecule has 144 valence electrons. The molecule has 3 unspecified atom stereocenters. The maximum absolute atomic E-state index is 12.4. The summed E-state index contributed by atoms with van der Waals surface area (Å²) in [6, 6.07) is 10.2. The third-order valence-corrected chi connectivity index (χ3v) is 4.98. The number of likely N-dealkylation sites (tertiary alicyclic amines) is 1. The summed E-state index contributed by atoms with van der Waals surface area (Å²) in [6.45, 7) is 9.40. The molecule has 1 saturated heterocycles. The molecular weight excluding hydrogens is 357 g/mol. The number of hydrogen-bond acceptors (Lipinski definition) is 3. The molecule has 0 aliphatic carbocycles. The van der Waals surface area contributed by atoms with Crippen molar-refractivity contribution in [2.24, 2.45) is 17.6 Å². The lowest BCUT2D eigenvalue weighted by molar-refractivity contribution is -0.125. The van der Waals surface area contributed by atoms with Crippen LogP contribution in [0.1, 0.15) is 45.2 Å². The van der Waals surface area contributed by atoms with E-state index in [1.807, 2.05) is 37.3 Å². The summed E-state index contributed by atoms with van der Waals surface area (Å²) in [5.41, 5.74) is 7.25. The number of nitrogens with two attached hydrogens (primary N) is 1. The second kappa shape index (κ2) is 11.7. The SMILES string of the molecule is CC(C(=O)NCC1CCCN(C(C)C)C1)C(N)c1ccccc1.Cl.Cl. The van der Waals surface area contributed by atoms with Crippen molar-refractivity contribution in [1.29, 1.82) is 0 Å².